The van der Waals surface area contributed by atoms with Gasteiger partial charge in [0.2, 0.25) is 0 Å². The molecule has 0 bridgehead atoms. The van der Waals surface area contributed by atoms with E-state index in [1.165, 1.54) is 11.3 Å². The zero-order chi connectivity index (χ0) is 14.9. The fraction of sp³-hybridized carbons (Fsp3) is 0.312. The van der Waals surface area contributed by atoms with Crippen molar-refractivity contribution in [3.63, 3.8) is 0 Å². The van der Waals surface area contributed by atoms with E-state index in [0.29, 0.717) is 5.92 Å². The van der Waals surface area contributed by atoms with Gasteiger partial charge in [-0.25, -0.2) is 4.98 Å². The Morgan fingerprint density at radius 3 is 3.18 bits per heavy atom. The Morgan fingerprint density at radius 2 is 2.32 bits per heavy atom. The van der Waals surface area contributed by atoms with E-state index in [0.717, 1.165) is 47.5 Å². The maximum Gasteiger partial charge on any atom is 0.263 e. The lowest BCUT2D eigenvalue weighted by Crippen LogP contribution is -2.39. The molecule has 3 aromatic heterocycles. The number of likely N-dealkylation sites (tertiary alicyclic amines) is 1. The highest BCUT2D eigenvalue weighted by atomic mass is 32.1. The third-order valence-corrected chi connectivity index (χ3v) is 5.04. The molecule has 3 aromatic rings. The van der Waals surface area contributed by atoms with Crippen LogP contribution in [0.1, 0.15) is 34.1 Å². The Bertz CT molecular complexity index is 795. The van der Waals surface area contributed by atoms with Gasteiger partial charge in [0.05, 0.1) is 11.1 Å². The molecule has 0 radical (unpaired) electrons. The van der Waals surface area contributed by atoms with E-state index in [4.69, 9.17) is 0 Å². The number of aromatic amines is 1. The normalized spacial score (nSPS) is 18.7. The third kappa shape index (κ3) is 2.39. The van der Waals surface area contributed by atoms with Gasteiger partial charge in [0.25, 0.3) is 5.91 Å². The minimum Gasteiger partial charge on any atom is -0.337 e. The Balaban J connectivity index is 1.56. The molecular weight excluding hydrogens is 296 g/mol. The topological polar surface area (TPSA) is 61.9 Å². The van der Waals surface area contributed by atoms with Crippen molar-refractivity contribution < 1.29 is 4.79 Å². The standard InChI is InChI=1S/C16H16N4OS/c21-16(14-4-2-8-22-14)20-7-1-3-12(10-20)13-6-5-11-9-17-19-15(11)18-13/h2,4-6,8-9,12H,1,3,7,10H2,(H,17,18,19). The number of fused-ring (bicyclic) bond motifs is 1. The number of carbonyl (C=O) groups excluding carboxylic acids is 1. The van der Waals surface area contributed by atoms with Gasteiger partial charge in [-0.15, -0.1) is 11.3 Å². The van der Waals surface area contributed by atoms with Gasteiger partial charge < -0.3 is 4.90 Å². The monoisotopic (exact) mass is 312 g/mol. The number of rotatable bonds is 2. The first kappa shape index (κ1) is 13.5. The van der Waals surface area contributed by atoms with Gasteiger partial charge in [0.1, 0.15) is 0 Å². The molecule has 4 heterocycles. The average molecular weight is 312 g/mol. The first-order chi connectivity index (χ1) is 10.8. The summed E-state index contributed by atoms with van der Waals surface area (Å²) in [5.74, 6) is 0.438. The van der Waals surface area contributed by atoms with Gasteiger partial charge in [-0.1, -0.05) is 6.07 Å². The van der Waals surface area contributed by atoms with Crippen molar-refractivity contribution in [2.75, 3.05) is 13.1 Å². The number of nitrogens with one attached hydrogen (secondary N) is 1. The molecule has 112 valence electrons. The maximum atomic E-state index is 12.5. The molecule has 1 N–H and O–H groups in total. The number of thiophene rings is 1. The van der Waals surface area contributed by atoms with Gasteiger partial charge in [0, 0.05) is 30.1 Å². The van der Waals surface area contributed by atoms with Gasteiger partial charge in [-0.2, -0.15) is 5.10 Å². The van der Waals surface area contributed by atoms with Crippen molar-refractivity contribution >= 4 is 28.3 Å². The molecule has 22 heavy (non-hydrogen) atoms. The highest BCUT2D eigenvalue weighted by Gasteiger charge is 2.26. The van der Waals surface area contributed by atoms with Gasteiger partial charge in [-0.05, 0) is 36.4 Å². The molecule has 1 fully saturated rings. The number of pyridine rings is 1. The number of carbonyl (C=O) groups is 1. The second-order valence-electron chi connectivity index (χ2n) is 5.61. The van der Waals surface area contributed by atoms with Crippen LogP contribution in [0.3, 0.4) is 0 Å². The zero-order valence-corrected chi connectivity index (χ0v) is 12.8. The third-order valence-electron chi connectivity index (χ3n) is 4.18. The van der Waals surface area contributed by atoms with Gasteiger partial charge in [0.15, 0.2) is 5.65 Å². The largest absolute Gasteiger partial charge is 0.337 e. The molecule has 1 aliphatic rings. The van der Waals surface area contributed by atoms with E-state index in [2.05, 4.69) is 21.2 Å². The Hall–Kier alpha value is -2.21. The average Bonchev–Trinajstić information content (AvgIpc) is 3.25. The van der Waals surface area contributed by atoms with Crippen LogP contribution in [0.2, 0.25) is 0 Å². The van der Waals surface area contributed by atoms with E-state index < -0.39 is 0 Å². The van der Waals surface area contributed by atoms with Crippen LogP contribution in [0.5, 0.6) is 0 Å². The summed E-state index contributed by atoms with van der Waals surface area (Å²) in [6.45, 7) is 1.57. The molecule has 1 amide bonds. The molecule has 1 atom stereocenters. The predicted molar refractivity (Wildman–Crippen MR) is 86.1 cm³/mol. The summed E-state index contributed by atoms with van der Waals surface area (Å²) in [4.78, 5) is 19.9. The highest BCUT2D eigenvalue weighted by molar-refractivity contribution is 7.12. The molecule has 0 saturated carbocycles. The van der Waals surface area contributed by atoms with Crippen molar-refractivity contribution in [2.24, 2.45) is 0 Å². The Kier molecular flexibility index (Phi) is 3.38. The summed E-state index contributed by atoms with van der Waals surface area (Å²) < 4.78 is 0. The Labute approximate surface area is 132 Å². The van der Waals surface area contributed by atoms with Crippen LogP contribution >= 0.6 is 11.3 Å². The summed E-state index contributed by atoms with van der Waals surface area (Å²) in [7, 11) is 0. The highest BCUT2D eigenvalue weighted by Crippen LogP contribution is 2.28. The fourth-order valence-electron chi connectivity index (χ4n) is 3.03. The second kappa shape index (κ2) is 5.53. The van der Waals surface area contributed by atoms with E-state index in [-0.39, 0.29) is 5.91 Å². The number of nitrogens with zero attached hydrogens (tertiary/aromatic N) is 3. The molecule has 1 aliphatic heterocycles. The number of piperidine rings is 1. The summed E-state index contributed by atoms with van der Waals surface area (Å²) in [6, 6.07) is 7.92. The lowest BCUT2D eigenvalue weighted by atomic mass is 9.94. The lowest BCUT2D eigenvalue weighted by Gasteiger charge is -2.32. The van der Waals surface area contributed by atoms with Crippen LogP contribution in [0, 0.1) is 0 Å². The number of hydrogen-bond donors (Lipinski definition) is 1. The molecule has 4 rings (SSSR count). The molecule has 5 nitrogen and oxygen atoms in total. The fourth-order valence-corrected chi connectivity index (χ4v) is 3.72. The van der Waals surface area contributed by atoms with Gasteiger partial charge in [-0.3, -0.25) is 9.89 Å². The maximum absolute atomic E-state index is 12.5. The van der Waals surface area contributed by atoms with E-state index in [1.807, 2.05) is 28.5 Å². The van der Waals surface area contributed by atoms with Crippen molar-refractivity contribution in [1.29, 1.82) is 0 Å². The van der Waals surface area contributed by atoms with Crippen LogP contribution < -0.4 is 0 Å². The summed E-state index contributed by atoms with van der Waals surface area (Å²) in [5, 5.41) is 9.90. The van der Waals surface area contributed by atoms with Crippen LogP contribution in [0.25, 0.3) is 11.0 Å². The molecule has 0 spiro atoms. The summed E-state index contributed by atoms with van der Waals surface area (Å²) in [6.07, 6.45) is 3.87. The van der Waals surface area contributed by atoms with Crippen LogP contribution in [-0.2, 0) is 0 Å². The van der Waals surface area contributed by atoms with E-state index in [9.17, 15) is 4.79 Å². The van der Waals surface area contributed by atoms with Crippen LogP contribution in [0.15, 0.2) is 35.8 Å². The number of H-pyrrole nitrogens is 1. The lowest BCUT2D eigenvalue weighted by molar-refractivity contribution is 0.0711. The first-order valence-electron chi connectivity index (χ1n) is 7.44. The van der Waals surface area contributed by atoms with Crippen molar-refractivity contribution in [2.45, 2.75) is 18.8 Å². The molecular formula is C16H16N4OS. The van der Waals surface area contributed by atoms with Crippen LogP contribution in [0.4, 0.5) is 0 Å². The second-order valence-corrected chi connectivity index (χ2v) is 6.56. The number of aromatic nitrogens is 3. The minimum absolute atomic E-state index is 0.141. The molecule has 6 heteroatoms. The minimum atomic E-state index is 0.141. The van der Waals surface area contributed by atoms with E-state index >= 15 is 0 Å². The smallest absolute Gasteiger partial charge is 0.263 e. The van der Waals surface area contributed by atoms with Crippen molar-refractivity contribution in [1.82, 2.24) is 20.1 Å². The molecule has 0 aromatic carbocycles. The number of amides is 1. The first-order valence-corrected chi connectivity index (χ1v) is 8.32. The predicted octanol–water partition coefficient (Wildman–Crippen LogP) is 3.04. The summed E-state index contributed by atoms with van der Waals surface area (Å²) >= 11 is 1.50. The molecule has 0 aliphatic carbocycles. The van der Waals surface area contributed by atoms with E-state index in [1.54, 1.807) is 6.20 Å². The molecule has 1 saturated heterocycles. The van der Waals surface area contributed by atoms with Crippen molar-refractivity contribution in [3.8, 4) is 0 Å². The van der Waals surface area contributed by atoms with Crippen LogP contribution in [-0.4, -0.2) is 39.1 Å². The number of hydrogen-bond acceptors (Lipinski definition) is 4. The SMILES string of the molecule is O=C(c1cccs1)N1CCCC(c2ccc3cn[nH]c3n2)C1. The Morgan fingerprint density at radius 1 is 1.36 bits per heavy atom. The van der Waals surface area contributed by atoms with Gasteiger partial charge >= 0.3 is 0 Å². The molecule has 1 unspecified atom stereocenters. The van der Waals surface area contributed by atoms with Crippen molar-refractivity contribution in [3.05, 3.63) is 46.4 Å². The quantitative estimate of drug-likeness (QED) is 0.791. The zero-order valence-electron chi connectivity index (χ0n) is 12.0. The summed E-state index contributed by atoms with van der Waals surface area (Å²) in [5.41, 5.74) is 1.86.